The van der Waals surface area contributed by atoms with Gasteiger partial charge in [-0.25, -0.2) is 0 Å². The Labute approximate surface area is 109 Å². The molecule has 0 saturated heterocycles. The lowest BCUT2D eigenvalue weighted by Crippen LogP contribution is -2.42. The molecule has 2 rings (SSSR count). The molecular formula is C15H21NO2. The van der Waals surface area contributed by atoms with E-state index in [1.54, 1.807) is 0 Å². The molecule has 1 N–H and O–H groups in total. The van der Waals surface area contributed by atoms with Crippen molar-refractivity contribution in [1.29, 1.82) is 0 Å². The first kappa shape index (κ1) is 12.9. The molecule has 3 nitrogen and oxygen atoms in total. The highest BCUT2D eigenvalue weighted by Gasteiger charge is 2.23. The van der Waals surface area contributed by atoms with Crippen molar-refractivity contribution in [2.24, 2.45) is 0 Å². The summed E-state index contributed by atoms with van der Waals surface area (Å²) in [6.45, 7) is 1.97. The van der Waals surface area contributed by atoms with Crippen LogP contribution in [0.2, 0.25) is 0 Å². The van der Waals surface area contributed by atoms with Gasteiger partial charge in [-0.3, -0.25) is 4.79 Å². The summed E-state index contributed by atoms with van der Waals surface area (Å²) >= 11 is 0. The van der Waals surface area contributed by atoms with Crippen molar-refractivity contribution in [2.75, 3.05) is 0 Å². The van der Waals surface area contributed by atoms with Crippen LogP contribution in [0.4, 0.5) is 0 Å². The summed E-state index contributed by atoms with van der Waals surface area (Å²) in [6, 6.07) is 9.88. The van der Waals surface area contributed by atoms with Gasteiger partial charge in [0.05, 0.1) is 0 Å². The van der Waals surface area contributed by atoms with Crippen molar-refractivity contribution in [2.45, 2.75) is 51.2 Å². The first-order chi connectivity index (χ1) is 8.79. The Balaban J connectivity index is 1.89. The molecule has 1 saturated carbocycles. The Bertz CT molecular complexity index is 371. The fourth-order valence-corrected chi connectivity index (χ4v) is 2.35. The normalized spacial score (nSPS) is 17.4. The van der Waals surface area contributed by atoms with Crippen LogP contribution in [0.3, 0.4) is 0 Å². The molecule has 1 atom stereocenters. The Kier molecular flexibility index (Phi) is 4.62. The molecule has 0 aromatic heterocycles. The van der Waals surface area contributed by atoms with Crippen molar-refractivity contribution in [3.05, 3.63) is 30.3 Å². The molecule has 1 aliphatic rings. The molecule has 1 aromatic rings. The van der Waals surface area contributed by atoms with Gasteiger partial charge in [0.15, 0.2) is 6.10 Å². The highest BCUT2D eigenvalue weighted by Crippen LogP contribution is 2.18. The largest absolute Gasteiger partial charge is 0.481 e. The van der Waals surface area contributed by atoms with Gasteiger partial charge in [-0.15, -0.1) is 0 Å². The minimum absolute atomic E-state index is 0.0215. The second-order valence-corrected chi connectivity index (χ2v) is 4.82. The van der Waals surface area contributed by atoms with Gasteiger partial charge in [0.1, 0.15) is 5.75 Å². The first-order valence-corrected chi connectivity index (χ1v) is 6.81. The lowest BCUT2D eigenvalue weighted by atomic mass is 10.2. The monoisotopic (exact) mass is 247 g/mol. The van der Waals surface area contributed by atoms with E-state index in [0.29, 0.717) is 12.5 Å². The smallest absolute Gasteiger partial charge is 0.261 e. The van der Waals surface area contributed by atoms with Gasteiger partial charge < -0.3 is 10.1 Å². The summed E-state index contributed by atoms with van der Waals surface area (Å²) in [7, 11) is 0. The van der Waals surface area contributed by atoms with Gasteiger partial charge in [0.25, 0.3) is 5.91 Å². The van der Waals surface area contributed by atoms with Crippen LogP contribution in [0.1, 0.15) is 39.0 Å². The van der Waals surface area contributed by atoms with Gasteiger partial charge in [0, 0.05) is 6.04 Å². The van der Waals surface area contributed by atoms with Crippen LogP contribution in [0.15, 0.2) is 30.3 Å². The van der Waals surface area contributed by atoms with Gasteiger partial charge in [-0.2, -0.15) is 0 Å². The molecule has 0 spiro atoms. The highest BCUT2D eigenvalue weighted by molar-refractivity contribution is 5.81. The minimum atomic E-state index is -0.381. The third-order valence-electron chi connectivity index (χ3n) is 3.39. The summed E-state index contributed by atoms with van der Waals surface area (Å²) in [5, 5.41) is 3.09. The summed E-state index contributed by atoms with van der Waals surface area (Å²) in [6.07, 6.45) is 4.96. The predicted octanol–water partition coefficient (Wildman–Crippen LogP) is 2.90. The number of para-hydroxylation sites is 1. The van der Waals surface area contributed by atoms with Crippen molar-refractivity contribution < 1.29 is 9.53 Å². The SMILES string of the molecule is CC[C@H](Oc1ccccc1)C(=O)NC1CCCC1. The number of amides is 1. The van der Waals surface area contributed by atoms with Gasteiger partial charge in [-0.1, -0.05) is 38.0 Å². The highest BCUT2D eigenvalue weighted by atomic mass is 16.5. The zero-order valence-electron chi connectivity index (χ0n) is 10.9. The molecule has 3 heteroatoms. The number of rotatable bonds is 5. The third kappa shape index (κ3) is 3.49. The molecule has 0 unspecified atom stereocenters. The number of carbonyl (C=O) groups excluding carboxylic acids is 1. The van der Waals surface area contributed by atoms with Crippen molar-refractivity contribution in [3.63, 3.8) is 0 Å². The summed E-state index contributed by atoms with van der Waals surface area (Å²) in [5.41, 5.74) is 0. The third-order valence-corrected chi connectivity index (χ3v) is 3.39. The quantitative estimate of drug-likeness (QED) is 0.868. The lowest BCUT2D eigenvalue weighted by molar-refractivity contribution is -0.128. The number of ether oxygens (including phenoxy) is 1. The zero-order chi connectivity index (χ0) is 12.8. The maximum absolute atomic E-state index is 12.1. The van der Waals surface area contributed by atoms with Crippen LogP contribution in [-0.4, -0.2) is 18.1 Å². The fraction of sp³-hybridized carbons (Fsp3) is 0.533. The fourth-order valence-electron chi connectivity index (χ4n) is 2.35. The number of carbonyl (C=O) groups is 1. The molecule has 0 bridgehead atoms. The summed E-state index contributed by atoms with van der Waals surface area (Å²) in [5.74, 6) is 0.777. The van der Waals surface area contributed by atoms with Crippen molar-refractivity contribution >= 4 is 5.91 Å². The molecule has 0 radical (unpaired) electrons. The van der Waals surface area contributed by atoms with E-state index >= 15 is 0 Å². The van der Waals surface area contributed by atoms with Gasteiger partial charge in [-0.05, 0) is 31.4 Å². The first-order valence-electron chi connectivity index (χ1n) is 6.81. The molecule has 18 heavy (non-hydrogen) atoms. The topological polar surface area (TPSA) is 38.3 Å². The van der Waals surface area contributed by atoms with E-state index in [1.807, 2.05) is 37.3 Å². The second-order valence-electron chi connectivity index (χ2n) is 4.82. The number of hydrogen-bond acceptors (Lipinski definition) is 2. The standard InChI is InChI=1S/C15H21NO2/c1-2-14(18-13-10-4-3-5-11-13)15(17)16-12-8-6-7-9-12/h3-5,10-12,14H,2,6-9H2,1H3,(H,16,17)/t14-/m0/s1. The zero-order valence-corrected chi connectivity index (χ0v) is 10.9. The van der Waals surface area contributed by atoms with Crippen LogP contribution in [0, 0.1) is 0 Å². The van der Waals surface area contributed by atoms with Crippen LogP contribution >= 0.6 is 0 Å². The average molecular weight is 247 g/mol. The van der Waals surface area contributed by atoms with E-state index < -0.39 is 0 Å². The Morgan fingerprint density at radius 1 is 1.33 bits per heavy atom. The number of hydrogen-bond donors (Lipinski definition) is 1. The lowest BCUT2D eigenvalue weighted by Gasteiger charge is -2.20. The molecule has 1 amide bonds. The molecule has 98 valence electrons. The van der Waals surface area contributed by atoms with Crippen LogP contribution < -0.4 is 10.1 Å². The predicted molar refractivity (Wildman–Crippen MR) is 71.5 cm³/mol. The Morgan fingerprint density at radius 2 is 2.00 bits per heavy atom. The van der Waals surface area contributed by atoms with E-state index in [2.05, 4.69) is 5.32 Å². The van der Waals surface area contributed by atoms with E-state index in [0.717, 1.165) is 18.6 Å². The Morgan fingerprint density at radius 3 is 2.61 bits per heavy atom. The number of benzene rings is 1. The summed E-state index contributed by atoms with van der Waals surface area (Å²) < 4.78 is 5.72. The van der Waals surface area contributed by atoms with E-state index in [1.165, 1.54) is 12.8 Å². The van der Waals surface area contributed by atoms with E-state index in [-0.39, 0.29) is 12.0 Å². The average Bonchev–Trinajstić information content (AvgIpc) is 2.90. The molecule has 1 aliphatic carbocycles. The molecule has 1 aromatic carbocycles. The summed E-state index contributed by atoms with van der Waals surface area (Å²) in [4.78, 5) is 12.1. The van der Waals surface area contributed by atoms with Crippen LogP contribution in [0.5, 0.6) is 5.75 Å². The van der Waals surface area contributed by atoms with Crippen LogP contribution in [0.25, 0.3) is 0 Å². The molecular weight excluding hydrogens is 226 g/mol. The van der Waals surface area contributed by atoms with Crippen molar-refractivity contribution in [3.8, 4) is 5.75 Å². The minimum Gasteiger partial charge on any atom is -0.481 e. The van der Waals surface area contributed by atoms with Crippen molar-refractivity contribution in [1.82, 2.24) is 5.32 Å². The van der Waals surface area contributed by atoms with E-state index in [4.69, 9.17) is 4.74 Å². The van der Waals surface area contributed by atoms with Gasteiger partial charge >= 0.3 is 0 Å². The van der Waals surface area contributed by atoms with Gasteiger partial charge in [0.2, 0.25) is 0 Å². The molecule has 0 aliphatic heterocycles. The Hall–Kier alpha value is -1.51. The van der Waals surface area contributed by atoms with E-state index in [9.17, 15) is 4.79 Å². The molecule has 0 heterocycles. The number of nitrogens with one attached hydrogen (secondary N) is 1. The maximum atomic E-state index is 12.1. The maximum Gasteiger partial charge on any atom is 0.261 e. The molecule has 1 fully saturated rings. The second kappa shape index (κ2) is 6.43. The van der Waals surface area contributed by atoms with Crippen LogP contribution in [-0.2, 0) is 4.79 Å².